The van der Waals surface area contributed by atoms with Crippen molar-refractivity contribution in [2.24, 2.45) is 5.92 Å². The highest BCUT2D eigenvalue weighted by molar-refractivity contribution is 5.77. The Morgan fingerprint density at radius 3 is 2.95 bits per heavy atom. The van der Waals surface area contributed by atoms with Gasteiger partial charge in [-0.15, -0.1) is 0 Å². The Bertz CT molecular complexity index is 476. The monoisotopic (exact) mass is 290 g/mol. The largest absolute Gasteiger partial charge is 0.496 e. The number of nitrogens with zero attached hydrogens (tertiary/aromatic N) is 1. The fraction of sp³-hybridized carbons (Fsp3) is 0.588. The van der Waals surface area contributed by atoms with Gasteiger partial charge in [-0.1, -0.05) is 25.1 Å². The van der Waals surface area contributed by atoms with Crippen LogP contribution in [0.1, 0.15) is 25.8 Å². The van der Waals surface area contributed by atoms with Crippen LogP contribution >= 0.6 is 0 Å². The maximum Gasteiger partial charge on any atom is 0.223 e. The zero-order valence-corrected chi connectivity index (χ0v) is 13.3. The third kappa shape index (κ3) is 4.21. The Hall–Kier alpha value is -1.55. The first kappa shape index (κ1) is 15.8. The molecule has 4 heteroatoms. The Morgan fingerprint density at radius 2 is 2.24 bits per heavy atom. The number of amides is 1. The van der Waals surface area contributed by atoms with Crippen LogP contribution in [0.4, 0.5) is 0 Å². The van der Waals surface area contributed by atoms with Gasteiger partial charge in [-0.25, -0.2) is 0 Å². The third-order valence-electron chi connectivity index (χ3n) is 4.11. The van der Waals surface area contributed by atoms with Crippen molar-refractivity contribution in [3.63, 3.8) is 0 Å². The lowest BCUT2D eigenvalue weighted by atomic mass is 9.96. The molecule has 0 aromatic heterocycles. The summed E-state index contributed by atoms with van der Waals surface area (Å²) in [5, 5.41) is 3.32. The van der Waals surface area contributed by atoms with Crippen molar-refractivity contribution >= 4 is 5.91 Å². The molecule has 21 heavy (non-hydrogen) atoms. The van der Waals surface area contributed by atoms with Crippen LogP contribution in [0.3, 0.4) is 0 Å². The van der Waals surface area contributed by atoms with Gasteiger partial charge in [-0.05, 0) is 30.9 Å². The summed E-state index contributed by atoms with van der Waals surface area (Å²) >= 11 is 0. The molecular weight excluding hydrogens is 264 g/mol. The molecule has 2 atom stereocenters. The van der Waals surface area contributed by atoms with Crippen molar-refractivity contribution in [1.82, 2.24) is 10.2 Å². The molecule has 4 nitrogen and oxygen atoms in total. The summed E-state index contributed by atoms with van der Waals surface area (Å²) in [6.45, 7) is 6.86. The maximum atomic E-state index is 12.4. The van der Waals surface area contributed by atoms with E-state index in [0.29, 0.717) is 18.4 Å². The lowest BCUT2D eigenvalue weighted by molar-refractivity contribution is -0.134. The summed E-state index contributed by atoms with van der Waals surface area (Å²) in [5.41, 5.74) is 1.17. The predicted octanol–water partition coefficient (Wildman–Crippen LogP) is 2.08. The molecule has 2 rings (SSSR count). The van der Waals surface area contributed by atoms with Crippen LogP contribution in [-0.4, -0.2) is 43.6 Å². The Kier molecular flexibility index (Phi) is 5.62. The van der Waals surface area contributed by atoms with Gasteiger partial charge in [0.15, 0.2) is 0 Å². The zero-order valence-electron chi connectivity index (χ0n) is 13.3. The van der Waals surface area contributed by atoms with Crippen LogP contribution < -0.4 is 10.1 Å². The van der Waals surface area contributed by atoms with Gasteiger partial charge < -0.3 is 15.0 Å². The van der Waals surface area contributed by atoms with E-state index in [1.54, 1.807) is 7.11 Å². The van der Waals surface area contributed by atoms with Crippen LogP contribution in [0.25, 0.3) is 0 Å². The predicted molar refractivity (Wildman–Crippen MR) is 84.5 cm³/mol. The summed E-state index contributed by atoms with van der Waals surface area (Å²) < 4.78 is 5.38. The minimum Gasteiger partial charge on any atom is -0.496 e. The van der Waals surface area contributed by atoms with Crippen LogP contribution in [0.15, 0.2) is 24.3 Å². The maximum absolute atomic E-state index is 12.4. The Labute approximate surface area is 127 Å². The highest BCUT2D eigenvalue weighted by atomic mass is 16.5. The highest BCUT2D eigenvalue weighted by Gasteiger charge is 2.24. The summed E-state index contributed by atoms with van der Waals surface area (Å²) in [5.74, 6) is 1.50. The molecule has 0 radical (unpaired) electrons. The molecule has 1 fully saturated rings. The molecule has 1 aromatic rings. The second-order valence-electron chi connectivity index (χ2n) is 5.97. The fourth-order valence-electron chi connectivity index (χ4n) is 2.95. The number of hydrogen-bond donors (Lipinski definition) is 1. The van der Waals surface area contributed by atoms with E-state index < -0.39 is 0 Å². The van der Waals surface area contributed by atoms with Crippen LogP contribution in [-0.2, 0) is 11.2 Å². The lowest BCUT2D eigenvalue weighted by Crippen LogP contribution is -2.52. The SMILES string of the molecule is COc1ccccc1C[C@H](C)CC(=O)N1CCNC[C@@H]1C. The molecule has 116 valence electrons. The highest BCUT2D eigenvalue weighted by Crippen LogP contribution is 2.22. The van der Waals surface area contributed by atoms with Gasteiger partial charge in [-0.2, -0.15) is 0 Å². The minimum absolute atomic E-state index is 0.270. The summed E-state index contributed by atoms with van der Waals surface area (Å²) in [6, 6.07) is 8.34. The van der Waals surface area contributed by atoms with Crippen molar-refractivity contribution < 1.29 is 9.53 Å². The first-order valence-corrected chi connectivity index (χ1v) is 7.74. The van der Waals surface area contributed by atoms with Crippen molar-refractivity contribution in [3.05, 3.63) is 29.8 Å². The molecule has 0 spiro atoms. The molecule has 1 saturated heterocycles. The number of rotatable bonds is 5. The molecular formula is C17H26N2O2. The first-order chi connectivity index (χ1) is 10.1. The number of carbonyl (C=O) groups is 1. The number of hydrogen-bond acceptors (Lipinski definition) is 3. The molecule has 0 bridgehead atoms. The van der Waals surface area contributed by atoms with Gasteiger partial charge >= 0.3 is 0 Å². The summed E-state index contributed by atoms with van der Waals surface area (Å²) in [7, 11) is 1.69. The second kappa shape index (κ2) is 7.46. The zero-order chi connectivity index (χ0) is 15.2. The summed E-state index contributed by atoms with van der Waals surface area (Å²) in [6.07, 6.45) is 1.47. The number of benzene rings is 1. The average molecular weight is 290 g/mol. The van der Waals surface area contributed by atoms with Gasteiger partial charge in [0.25, 0.3) is 0 Å². The van der Waals surface area contributed by atoms with Gasteiger partial charge in [0.2, 0.25) is 5.91 Å². The average Bonchev–Trinajstić information content (AvgIpc) is 2.48. The lowest BCUT2D eigenvalue weighted by Gasteiger charge is -2.34. The molecule has 1 amide bonds. The summed E-state index contributed by atoms with van der Waals surface area (Å²) in [4.78, 5) is 14.4. The molecule has 0 unspecified atom stereocenters. The van der Waals surface area contributed by atoms with Crippen molar-refractivity contribution in [1.29, 1.82) is 0 Å². The van der Waals surface area contributed by atoms with E-state index in [1.807, 2.05) is 23.1 Å². The quantitative estimate of drug-likeness (QED) is 0.903. The molecule has 1 aliphatic rings. The molecule has 1 aliphatic heterocycles. The van der Waals surface area contributed by atoms with Gasteiger partial charge in [0.1, 0.15) is 5.75 Å². The fourth-order valence-corrected chi connectivity index (χ4v) is 2.95. The smallest absolute Gasteiger partial charge is 0.223 e. The molecule has 1 heterocycles. The molecule has 0 aliphatic carbocycles. The molecule has 0 saturated carbocycles. The topological polar surface area (TPSA) is 41.6 Å². The molecule has 1 aromatic carbocycles. The standard InChI is InChI=1S/C17H26N2O2/c1-13(10-15-6-4-5-7-16(15)21-3)11-17(20)19-9-8-18-12-14(19)2/h4-7,13-14,18H,8-12H2,1-3H3/t13-,14-/m0/s1. The van der Waals surface area contributed by atoms with E-state index >= 15 is 0 Å². The van der Waals surface area contributed by atoms with Crippen molar-refractivity contribution in [2.75, 3.05) is 26.7 Å². The van der Waals surface area contributed by atoms with E-state index in [9.17, 15) is 4.79 Å². The van der Waals surface area contributed by atoms with E-state index in [1.165, 1.54) is 5.56 Å². The van der Waals surface area contributed by atoms with E-state index in [0.717, 1.165) is 31.8 Å². The van der Waals surface area contributed by atoms with Crippen LogP contribution in [0.5, 0.6) is 5.75 Å². The van der Waals surface area contributed by atoms with Crippen molar-refractivity contribution in [3.8, 4) is 5.75 Å². The van der Waals surface area contributed by atoms with Gasteiger partial charge in [0.05, 0.1) is 7.11 Å². The van der Waals surface area contributed by atoms with E-state index in [2.05, 4.69) is 25.2 Å². The van der Waals surface area contributed by atoms with E-state index in [-0.39, 0.29) is 5.91 Å². The number of methoxy groups -OCH3 is 1. The Morgan fingerprint density at radius 1 is 1.48 bits per heavy atom. The third-order valence-corrected chi connectivity index (χ3v) is 4.11. The van der Waals surface area contributed by atoms with Crippen LogP contribution in [0.2, 0.25) is 0 Å². The van der Waals surface area contributed by atoms with Gasteiger partial charge in [-0.3, -0.25) is 4.79 Å². The van der Waals surface area contributed by atoms with Crippen molar-refractivity contribution in [2.45, 2.75) is 32.7 Å². The van der Waals surface area contributed by atoms with Crippen LogP contribution in [0, 0.1) is 5.92 Å². The molecule has 1 N–H and O–H groups in total. The minimum atomic E-state index is 0.270. The van der Waals surface area contributed by atoms with E-state index in [4.69, 9.17) is 4.74 Å². The number of nitrogens with one attached hydrogen (secondary N) is 1. The number of carbonyl (C=O) groups excluding carboxylic acids is 1. The number of para-hydroxylation sites is 1. The Balaban J connectivity index is 1.91. The second-order valence-corrected chi connectivity index (χ2v) is 5.97. The number of piperazine rings is 1. The normalized spacial score (nSPS) is 20.1. The number of ether oxygens (including phenoxy) is 1. The first-order valence-electron chi connectivity index (χ1n) is 7.74. The van der Waals surface area contributed by atoms with Gasteiger partial charge in [0, 0.05) is 32.1 Å².